The highest BCUT2D eigenvalue weighted by atomic mass is 15.1. The van der Waals surface area contributed by atoms with Crippen LogP contribution in [0.5, 0.6) is 0 Å². The van der Waals surface area contributed by atoms with Crippen LogP contribution in [0.1, 0.15) is 25.8 Å². The zero-order valence-corrected chi connectivity index (χ0v) is 10.9. The van der Waals surface area contributed by atoms with Crippen LogP contribution in [-0.4, -0.2) is 38.1 Å². The molecular weight excluding hydrogens is 222 g/mol. The molecule has 1 heterocycles. The predicted molar refractivity (Wildman–Crippen MR) is 80.0 cm³/mol. The second-order valence-electron chi connectivity index (χ2n) is 5.17. The molecule has 3 nitrogen and oxygen atoms in total. The number of benzene rings is 1. The van der Waals surface area contributed by atoms with Crippen LogP contribution in [-0.2, 0) is 6.54 Å². The quantitative estimate of drug-likeness (QED) is 0.892. The van der Waals surface area contributed by atoms with Crippen LogP contribution in [0.2, 0.25) is 0 Å². The molecule has 2 rings (SSSR count). The lowest BCUT2D eigenvalue weighted by Gasteiger charge is -2.30. The van der Waals surface area contributed by atoms with Crippen molar-refractivity contribution in [1.29, 1.82) is 0 Å². The molecule has 1 aromatic rings. The Bertz CT molecular complexity index is 337. The van der Waals surface area contributed by atoms with Crippen LogP contribution in [0.3, 0.4) is 0 Å². The van der Waals surface area contributed by atoms with Crippen LogP contribution in [0.25, 0.3) is 0 Å². The van der Waals surface area contributed by atoms with Gasteiger partial charge in [0.1, 0.15) is 0 Å². The molecule has 3 heteroatoms. The van der Waals surface area contributed by atoms with Crippen molar-refractivity contribution < 1.29 is 0 Å². The Morgan fingerprint density at radius 2 is 1.72 bits per heavy atom. The molecule has 0 aliphatic carbocycles. The summed E-state index contributed by atoms with van der Waals surface area (Å²) in [5.41, 5.74) is 8.56. The molecule has 0 radical (unpaired) electrons. The van der Waals surface area contributed by atoms with E-state index in [1.54, 1.807) is 0 Å². The lowest BCUT2D eigenvalue weighted by Crippen LogP contribution is -2.39. The summed E-state index contributed by atoms with van der Waals surface area (Å²) in [7, 11) is 4.14. The smallest absolute Gasteiger partial charge is 0.0361 e. The Hall–Kier alpha value is -1.06. The molecule has 0 aromatic heterocycles. The zero-order valence-electron chi connectivity index (χ0n) is 10.9. The summed E-state index contributed by atoms with van der Waals surface area (Å²) in [4.78, 5) is 4.62. The Kier molecular flexibility index (Phi) is 5.63. The molecule has 0 spiro atoms. The molecule has 0 amide bonds. The van der Waals surface area contributed by atoms with Crippen LogP contribution in [0.4, 0.5) is 5.69 Å². The van der Waals surface area contributed by atoms with Crippen molar-refractivity contribution in [2.45, 2.75) is 32.9 Å². The first-order chi connectivity index (χ1) is 8.15. The molecule has 1 aliphatic heterocycles. The number of nitrogens with zero attached hydrogens (tertiary/aromatic N) is 2. The van der Waals surface area contributed by atoms with E-state index in [1.165, 1.54) is 11.3 Å². The van der Waals surface area contributed by atoms with E-state index in [0.717, 1.165) is 32.5 Å². The maximum Gasteiger partial charge on any atom is 0.0361 e. The van der Waals surface area contributed by atoms with Crippen LogP contribution >= 0.6 is 0 Å². The molecular formula is C15H27N3. The average Bonchev–Trinajstić information content (AvgIpc) is 2.33. The van der Waals surface area contributed by atoms with Gasteiger partial charge >= 0.3 is 0 Å². The minimum Gasteiger partial charge on any atom is -0.378 e. The predicted octanol–water partition coefficient (Wildman–Crippen LogP) is 2.31. The monoisotopic (exact) mass is 249 g/mol. The number of piperidine rings is 1. The standard InChI is InChI=1S/C14H23N3.CH4/c1-16(2)14-5-3-12(4-6-14)11-17-9-7-13(15)8-10-17;/h3-6,13H,7-11,15H2,1-2H3;1H4. The van der Waals surface area contributed by atoms with E-state index in [2.05, 4.69) is 48.2 Å². The van der Waals surface area contributed by atoms with E-state index < -0.39 is 0 Å². The Balaban J connectivity index is 0.00000162. The second kappa shape index (κ2) is 6.76. The van der Waals surface area contributed by atoms with Crippen molar-refractivity contribution in [3.8, 4) is 0 Å². The lowest BCUT2D eigenvalue weighted by molar-refractivity contribution is 0.205. The van der Waals surface area contributed by atoms with Gasteiger partial charge in [-0.25, -0.2) is 0 Å². The first kappa shape index (κ1) is 15.0. The SMILES string of the molecule is C.CN(C)c1ccc(CN2CCC(N)CC2)cc1. The molecule has 1 saturated heterocycles. The highest BCUT2D eigenvalue weighted by Gasteiger charge is 2.15. The van der Waals surface area contributed by atoms with Crippen LogP contribution < -0.4 is 10.6 Å². The van der Waals surface area contributed by atoms with Gasteiger partial charge in [0.05, 0.1) is 0 Å². The highest BCUT2D eigenvalue weighted by Crippen LogP contribution is 2.16. The van der Waals surface area contributed by atoms with Crippen LogP contribution in [0, 0.1) is 0 Å². The molecule has 0 unspecified atom stereocenters. The minimum absolute atomic E-state index is 0. The summed E-state index contributed by atoms with van der Waals surface area (Å²) in [5.74, 6) is 0. The first-order valence-electron chi connectivity index (χ1n) is 6.39. The van der Waals surface area contributed by atoms with Gasteiger partial charge in [0.15, 0.2) is 0 Å². The first-order valence-corrected chi connectivity index (χ1v) is 6.39. The molecule has 0 saturated carbocycles. The molecule has 1 aromatic carbocycles. The van der Waals surface area contributed by atoms with Crippen molar-refractivity contribution in [2.24, 2.45) is 5.73 Å². The van der Waals surface area contributed by atoms with Gasteiger partial charge in [-0.2, -0.15) is 0 Å². The van der Waals surface area contributed by atoms with Gasteiger partial charge in [0.25, 0.3) is 0 Å². The van der Waals surface area contributed by atoms with Gasteiger partial charge in [-0.05, 0) is 43.6 Å². The average molecular weight is 249 g/mol. The third-order valence-electron chi connectivity index (χ3n) is 3.49. The molecule has 1 aliphatic rings. The second-order valence-corrected chi connectivity index (χ2v) is 5.17. The Morgan fingerprint density at radius 3 is 2.22 bits per heavy atom. The van der Waals surface area contributed by atoms with Gasteiger partial charge in [-0.15, -0.1) is 0 Å². The molecule has 0 bridgehead atoms. The topological polar surface area (TPSA) is 32.5 Å². The summed E-state index contributed by atoms with van der Waals surface area (Å²) in [6.07, 6.45) is 2.27. The fourth-order valence-corrected chi connectivity index (χ4v) is 2.27. The van der Waals surface area contributed by atoms with E-state index in [-0.39, 0.29) is 7.43 Å². The summed E-state index contributed by atoms with van der Waals surface area (Å²) in [5, 5.41) is 0. The van der Waals surface area contributed by atoms with E-state index in [0.29, 0.717) is 6.04 Å². The van der Waals surface area contributed by atoms with E-state index in [1.807, 2.05) is 0 Å². The van der Waals surface area contributed by atoms with Crippen molar-refractivity contribution in [1.82, 2.24) is 4.90 Å². The summed E-state index contributed by atoms with van der Waals surface area (Å²) in [6.45, 7) is 3.33. The van der Waals surface area contributed by atoms with Gasteiger partial charge in [0.2, 0.25) is 0 Å². The number of hydrogen-bond donors (Lipinski definition) is 1. The summed E-state index contributed by atoms with van der Waals surface area (Å²) >= 11 is 0. The fourth-order valence-electron chi connectivity index (χ4n) is 2.27. The molecule has 2 N–H and O–H groups in total. The van der Waals surface area contributed by atoms with E-state index >= 15 is 0 Å². The van der Waals surface area contributed by atoms with Gasteiger partial charge in [0, 0.05) is 32.4 Å². The normalized spacial score (nSPS) is 17.3. The van der Waals surface area contributed by atoms with Crippen molar-refractivity contribution in [3.63, 3.8) is 0 Å². The summed E-state index contributed by atoms with van der Waals surface area (Å²) < 4.78 is 0. The minimum atomic E-state index is 0. The highest BCUT2D eigenvalue weighted by molar-refractivity contribution is 5.45. The molecule has 1 fully saturated rings. The number of likely N-dealkylation sites (tertiary alicyclic amines) is 1. The van der Waals surface area contributed by atoms with Crippen molar-refractivity contribution >= 4 is 5.69 Å². The Morgan fingerprint density at radius 1 is 1.17 bits per heavy atom. The van der Waals surface area contributed by atoms with Crippen molar-refractivity contribution in [3.05, 3.63) is 29.8 Å². The van der Waals surface area contributed by atoms with Crippen molar-refractivity contribution in [2.75, 3.05) is 32.1 Å². The maximum absolute atomic E-state index is 5.91. The third kappa shape index (κ3) is 4.00. The van der Waals surface area contributed by atoms with E-state index in [9.17, 15) is 0 Å². The van der Waals surface area contributed by atoms with Gasteiger partial charge in [-0.1, -0.05) is 19.6 Å². The largest absolute Gasteiger partial charge is 0.378 e. The maximum atomic E-state index is 5.91. The summed E-state index contributed by atoms with van der Waals surface area (Å²) in [6, 6.07) is 9.24. The number of anilines is 1. The lowest BCUT2D eigenvalue weighted by atomic mass is 10.1. The molecule has 102 valence electrons. The molecule has 18 heavy (non-hydrogen) atoms. The number of rotatable bonds is 3. The van der Waals surface area contributed by atoms with E-state index in [4.69, 9.17) is 5.73 Å². The van der Waals surface area contributed by atoms with Gasteiger partial charge < -0.3 is 10.6 Å². The molecule has 0 atom stereocenters. The van der Waals surface area contributed by atoms with Gasteiger partial charge in [-0.3, -0.25) is 4.90 Å². The zero-order chi connectivity index (χ0) is 12.3. The third-order valence-corrected chi connectivity index (χ3v) is 3.49. The number of nitrogens with two attached hydrogens (primary N) is 1. The van der Waals surface area contributed by atoms with Crippen LogP contribution in [0.15, 0.2) is 24.3 Å². The fraction of sp³-hybridized carbons (Fsp3) is 0.600. The Labute approximate surface area is 112 Å². The number of hydrogen-bond acceptors (Lipinski definition) is 3.